The molecule has 2 aliphatic rings. The number of fused-ring (bicyclic) bond motifs is 1. The third kappa shape index (κ3) is 2.35. The van der Waals surface area contributed by atoms with E-state index < -0.39 is 11.5 Å². The van der Waals surface area contributed by atoms with Crippen molar-refractivity contribution in [2.24, 2.45) is 11.1 Å². The molecular weight excluding hydrogens is 322 g/mol. The molecule has 22 heavy (non-hydrogen) atoms. The van der Waals surface area contributed by atoms with Gasteiger partial charge >= 0.3 is 5.97 Å². The van der Waals surface area contributed by atoms with Crippen LogP contribution in [0.1, 0.15) is 10.6 Å². The summed E-state index contributed by atoms with van der Waals surface area (Å²) in [5.74, 6) is 0.119. The second-order valence-electron chi connectivity index (χ2n) is 5.48. The average Bonchev–Trinajstić information content (AvgIpc) is 2.96. The number of hydrogen-bond acceptors (Lipinski definition) is 7. The molecule has 3 rings (SSSR count). The van der Waals surface area contributed by atoms with E-state index in [1.54, 1.807) is 10.4 Å². The number of carbonyl (C=O) groups excluding carboxylic acids is 2. The number of ether oxygens (including phenoxy) is 1. The van der Waals surface area contributed by atoms with Crippen molar-refractivity contribution in [3.05, 3.63) is 22.2 Å². The van der Waals surface area contributed by atoms with Crippen LogP contribution in [0.15, 0.2) is 11.6 Å². The van der Waals surface area contributed by atoms with Gasteiger partial charge in [0.2, 0.25) is 5.91 Å². The Balaban J connectivity index is 1.87. The number of aryl methyl sites for hydroxylation is 1. The second-order valence-corrected chi connectivity index (χ2v) is 7.47. The van der Waals surface area contributed by atoms with E-state index in [0.717, 1.165) is 10.6 Å². The topological polar surface area (TPSA) is 85.5 Å². The van der Waals surface area contributed by atoms with E-state index in [9.17, 15) is 9.59 Å². The van der Waals surface area contributed by atoms with Gasteiger partial charge in [0.25, 0.3) is 0 Å². The van der Waals surface area contributed by atoms with Crippen molar-refractivity contribution >= 4 is 41.1 Å². The highest BCUT2D eigenvalue weighted by Crippen LogP contribution is 2.43. The fourth-order valence-electron chi connectivity index (χ4n) is 2.70. The lowest BCUT2D eigenvalue weighted by Crippen LogP contribution is -2.71. The summed E-state index contributed by atoms with van der Waals surface area (Å²) in [6, 6.07) is -0.451. The van der Waals surface area contributed by atoms with Crippen LogP contribution < -0.4 is 5.73 Å². The number of rotatable bonds is 3. The number of hydrogen-bond donors (Lipinski definition) is 1. The van der Waals surface area contributed by atoms with Gasteiger partial charge in [0, 0.05) is 17.2 Å². The number of aromatic nitrogens is 1. The van der Waals surface area contributed by atoms with Crippen molar-refractivity contribution in [2.45, 2.75) is 18.3 Å². The molecule has 8 heteroatoms. The van der Waals surface area contributed by atoms with Crippen LogP contribution in [0.2, 0.25) is 0 Å². The SMILES string of the molecule is COC(=O)C1(C=Cc2scnc2C)CS[C@@H]2C(N)C(=O)N2C1. The van der Waals surface area contributed by atoms with Gasteiger partial charge in [-0.15, -0.1) is 23.1 Å². The molecule has 1 aromatic heterocycles. The lowest BCUT2D eigenvalue weighted by atomic mass is 9.86. The maximum absolute atomic E-state index is 12.3. The molecule has 0 saturated carbocycles. The minimum atomic E-state index is -0.831. The van der Waals surface area contributed by atoms with Gasteiger partial charge in [0.15, 0.2) is 0 Å². The maximum Gasteiger partial charge on any atom is 0.318 e. The highest BCUT2D eigenvalue weighted by atomic mass is 32.2. The lowest BCUT2D eigenvalue weighted by molar-refractivity contribution is -0.156. The van der Waals surface area contributed by atoms with Gasteiger partial charge in [-0.05, 0) is 13.0 Å². The molecule has 0 aliphatic carbocycles. The number of amides is 1. The fourth-order valence-corrected chi connectivity index (χ4v) is 4.85. The first kappa shape index (κ1) is 15.5. The second kappa shape index (κ2) is 5.68. The Morgan fingerprint density at radius 3 is 3.05 bits per heavy atom. The summed E-state index contributed by atoms with van der Waals surface area (Å²) in [7, 11) is 1.37. The number of carbonyl (C=O) groups is 2. The molecule has 0 bridgehead atoms. The minimum Gasteiger partial charge on any atom is -0.468 e. The Morgan fingerprint density at radius 2 is 2.41 bits per heavy atom. The van der Waals surface area contributed by atoms with Gasteiger partial charge in [-0.2, -0.15) is 0 Å². The van der Waals surface area contributed by atoms with Crippen LogP contribution in [0.5, 0.6) is 0 Å². The van der Waals surface area contributed by atoms with Gasteiger partial charge < -0.3 is 15.4 Å². The Hall–Kier alpha value is -1.38. The van der Waals surface area contributed by atoms with E-state index in [4.69, 9.17) is 10.5 Å². The lowest BCUT2D eigenvalue weighted by Gasteiger charge is -2.52. The molecule has 118 valence electrons. The van der Waals surface area contributed by atoms with Gasteiger partial charge in [-0.25, -0.2) is 4.98 Å². The molecule has 2 aliphatic heterocycles. The molecule has 2 fully saturated rings. The number of nitrogens with two attached hydrogens (primary N) is 1. The summed E-state index contributed by atoms with van der Waals surface area (Å²) in [5, 5.41) is -0.0242. The van der Waals surface area contributed by atoms with Crippen molar-refractivity contribution in [3.8, 4) is 0 Å². The highest BCUT2D eigenvalue weighted by Gasteiger charge is 2.55. The van der Waals surface area contributed by atoms with Gasteiger partial charge in [0.1, 0.15) is 16.8 Å². The van der Waals surface area contributed by atoms with Gasteiger partial charge in [-0.1, -0.05) is 6.08 Å². The molecular formula is C14H17N3O3S2. The number of methoxy groups -OCH3 is 1. The molecule has 0 aromatic carbocycles. The summed E-state index contributed by atoms with van der Waals surface area (Å²) in [6.45, 7) is 2.24. The van der Waals surface area contributed by atoms with Crippen LogP contribution in [-0.4, -0.2) is 52.6 Å². The first-order valence-electron chi connectivity index (χ1n) is 6.84. The van der Waals surface area contributed by atoms with E-state index in [2.05, 4.69) is 4.98 Å². The smallest absolute Gasteiger partial charge is 0.318 e. The summed E-state index contributed by atoms with van der Waals surface area (Å²) >= 11 is 3.05. The van der Waals surface area contributed by atoms with Crippen molar-refractivity contribution in [1.82, 2.24) is 9.88 Å². The molecule has 3 heterocycles. The minimum absolute atomic E-state index is 0.0242. The van der Waals surface area contributed by atoms with Crippen LogP contribution in [0.25, 0.3) is 6.08 Å². The molecule has 1 aromatic rings. The summed E-state index contributed by atoms with van der Waals surface area (Å²) < 4.78 is 4.98. The molecule has 2 N–H and O–H groups in total. The van der Waals surface area contributed by atoms with E-state index in [1.807, 2.05) is 19.1 Å². The zero-order chi connectivity index (χ0) is 15.9. The summed E-state index contributed by atoms with van der Waals surface area (Å²) in [4.78, 5) is 31.1. The number of nitrogens with zero attached hydrogens (tertiary/aromatic N) is 2. The normalized spacial score (nSPS) is 31.0. The van der Waals surface area contributed by atoms with E-state index >= 15 is 0 Å². The van der Waals surface area contributed by atoms with Gasteiger partial charge in [-0.3, -0.25) is 9.59 Å². The Labute approximate surface area is 136 Å². The quantitative estimate of drug-likeness (QED) is 0.649. The maximum atomic E-state index is 12.3. The predicted octanol–water partition coefficient (Wildman–Crippen LogP) is 0.867. The Kier molecular flexibility index (Phi) is 4.00. The summed E-state index contributed by atoms with van der Waals surface area (Å²) in [6.07, 6.45) is 3.74. The van der Waals surface area contributed by atoms with E-state index in [-0.39, 0.29) is 17.3 Å². The molecule has 6 nitrogen and oxygen atoms in total. The van der Waals surface area contributed by atoms with Crippen LogP contribution >= 0.6 is 23.1 Å². The van der Waals surface area contributed by atoms with Crippen molar-refractivity contribution in [1.29, 1.82) is 0 Å². The number of esters is 1. The fraction of sp³-hybridized carbons (Fsp3) is 0.500. The molecule has 0 spiro atoms. The third-order valence-electron chi connectivity index (χ3n) is 4.08. The molecule has 0 radical (unpaired) electrons. The van der Waals surface area contributed by atoms with Crippen LogP contribution in [-0.2, 0) is 14.3 Å². The van der Waals surface area contributed by atoms with Crippen molar-refractivity contribution in [2.75, 3.05) is 19.4 Å². The van der Waals surface area contributed by atoms with Crippen LogP contribution in [0, 0.1) is 12.3 Å². The van der Waals surface area contributed by atoms with E-state index in [1.165, 1.54) is 30.2 Å². The van der Waals surface area contributed by atoms with Crippen LogP contribution in [0.4, 0.5) is 0 Å². The largest absolute Gasteiger partial charge is 0.468 e. The zero-order valence-corrected chi connectivity index (χ0v) is 13.9. The number of thiazole rings is 1. The predicted molar refractivity (Wildman–Crippen MR) is 86.3 cm³/mol. The van der Waals surface area contributed by atoms with E-state index in [0.29, 0.717) is 12.3 Å². The average molecular weight is 339 g/mol. The first-order chi connectivity index (χ1) is 10.5. The standard InChI is InChI=1S/C14H17N3O3S2/c1-8-9(22-7-16-8)3-4-14(13(19)20-2)5-17-11(18)10(15)12(17)21-6-14/h3-4,7,10,12H,5-6,15H2,1-2H3/t10?,12-,14?/m1/s1. The van der Waals surface area contributed by atoms with Gasteiger partial charge in [0.05, 0.1) is 18.3 Å². The number of thioether (sulfide) groups is 1. The van der Waals surface area contributed by atoms with Crippen molar-refractivity contribution in [3.63, 3.8) is 0 Å². The Bertz CT molecular complexity index is 645. The molecule has 2 saturated heterocycles. The third-order valence-corrected chi connectivity index (χ3v) is 6.54. The van der Waals surface area contributed by atoms with Crippen LogP contribution in [0.3, 0.4) is 0 Å². The summed E-state index contributed by atoms with van der Waals surface area (Å²) in [5.41, 5.74) is 7.65. The zero-order valence-electron chi connectivity index (χ0n) is 12.3. The number of β-lactam (4-membered cyclic amide) rings is 1. The Morgan fingerprint density at radius 1 is 1.64 bits per heavy atom. The first-order valence-corrected chi connectivity index (χ1v) is 8.77. The molecule has 1 amide bonds. The molecule has 3 atom stereocenters. The highest BCUT2D eigenvalue weighted by molar-refractivity contribution is 8.00. The monoisotopic (exact) mass is 339 g/mol. The van der Waals surface area contributed by atoms with Crippen molar-refractivity contribution < 1.29 is 14.3 Å². The molecule has 2 unspecified atom stereocenters.